The van der Waals surface area contributed by atoms with Crippen LogP contribution in [0.2, 0.25) is 0 Å². The topological polar surface area (TPSA) is 37.7 Å². The lowest BCUT2D eigenvalue weighted by Gasteiger charge is -2.40. The normalized spacial score (nSPS) is 28.3. The molecular formula is C25H33N3OS. The van der Waals surface area contributed by atoms with E-state index in [-0.39, 0.29) is 0 Å². The lowest BCUT2D eigenvalue weighted by atomic mass is 9.86. The Labute approximate surface area is 184 Å². The van der Waals surface area contributed by atoms with Gasteiger partial charge in [-0.3, -0.25) is 4.99 Å². The van der Waals surface area contributed by atoms with E-state index in [1.807, 2.05) is 0 Å². The van der Waals surface area contributed by atoms with Crippen molar-refractivity contribution in [3.63, 3.8) is 0 Å². The van der Waals surface area contributed by atoms with Gasteiger partial charge in [-0.2, -0.15) is 0 Å². The number of pyridine rings is 1. The molecule has 3 heterocycles. The number of amidine groups is 1. The molecule has 2 fully saturated rings. The Morgan fingerprint density at radius 2 is 1.90 bits per heavy atom. The predicted molar refractivity (Wildman–Crippen MR) is 125 cm³/mol. The van der Waals surface area contributed by atoms with Gasteiger partial charge in [0.1, 0.15) is 5.03 Å². The predicted octanol–water partition coefficient (Wildman–Crippen LogP) is 5.87. The van der Waals surface area contributed by atoms with Gasteiger partial charge in [0.2, 0.25) is 0 Å². The van der Waals surface area contributed by atoms with Crippen LogP contribution in [0.5, 0.6) is 0 Å². The zero-order valence-electron chi connectivity index (χ0n) is 18.5. The van der Waals surface area contributed by atoms with Gasteiger partial charge in [0.05, 0.1) is 18.2 Å². The van der Waals surface area contributed by atoms with Crippen molar-refractivity contribution in [2.24, 2.45) is 10.9 Å². The van der Waals surface area contributed by atoms with E-state index in [1.54, 1.807) is 11.8 Å². The highest BCUT2D eigenvalue weighted by atomic mass is 32.2. The average Bonchev–Trinajstić information content (AvgIpc) is 3.26. The van der Waals surface area contributed by atoms with Crippen LogP contribution < -0.4 is 0 Å². The van der Waals surface area contributed by atoms with Crippen molar-refractivity contribution in [3.8, 4) is 0 Å². The van der Waals surface area contributed by atoms with Crippen molar-refractivity contribution in [1.29, 1.82) is 0 Å². The molecule has 1 aromatic heterocycles. The molecule has 1 atom stereocenters. The van der Waals surface area contributed by atoms with Crippen molar-refractivity contribution in [3.05, 3.63) is 34.9 Å². The second-order valence-electron chi connectivity index (χ2n) is 9.48. The minimum Gasteiger partial charge on any atom is -0.376 e. The molecule has 1 aliphatic carbocycles. The molecule has 0 N–H and O–H groups in total. The molecule has 0 spiro atoms. The van der Waals surface area contributed by atoms with Crippen molar-refractivity contribution in [2.45, 2.75) is 83.0 Å². The first-order valence-corrected chi connectivity index (χ1v) is 12.4. The van der Waals surface area contributed by atoms with E-state index in [1.165, 1.54) is 54.2 Å². The fourth-order valence-corrected chi connectivity index (χ4v) is 6.04. The summed E-state index contributed by atoms with van der Waals surface area (Å²) in [7, 11) is 0. The minimum atomic E-state index is 0.294. The van der Waals surface area contributed by atoms with Crippen LogP contribution in [0.3, 0.4) is 0 Å². The monoisotopic (exact) mass is 423 g/mol. The fraction of sp³-hybridized carbons (Fsp3) is 0.600. The molecule has 5 rings (SSSR count). The van der Waals surface area contributed by atoms with Crippen LogP contribution in [-0.2, 0) is 11.3 Å². The molecule has 1 saturated heterocycles. The maximum absolute atomic E-state index is 5.84. The Kier molecular flexibility index (Phi) is 5.76. The first-order valence-electron chi connectivity index (χ1n) is 11.6. The summed E-state index contributed by atoms with van der Waals surface area (Å²) in [5.41, 5.74) is 5.10. The van der Waals surface area contributed by atoms with Crippen LogP contribution in [-0.4, -0.2) is 40.3 Å². The summed E-state index contributed by atoms with van der Waals surface area (Å²) in [6.45, 7) is 9.35. The molecule has 1 saturated carbocycles. The van der Waals surface area contributed by atoms with E-state index < -0.39 is 0 Å². The Bertz CT molecular complexity index is 959. The van der Waals surface area contributed by atoms with E-state index in [9.17, 15) is 0 Å². The van der Waals surface area contributed by atoms with Gasteiger partial charge < -0.3 is 9.64 Å². The van der Waals surface area contributed by atoms with Crippen molar-refractivity contribution < 1.29 is 4.74 Å². The van der Waals surface area contributed by atoms with Gasteiger partial charge in [0.25, 0.3) is 0 Å². The van der Waals surface area contributed by atoms with Crippen LogP contribution in [0.15, 0.2) is 28.2 Å². The van der Waals surface area contributed by atoms with Gasteiger partial charge in [-0.1, -0.05) is 6.92 Å². The number of hydrogen-bond donors (Lipinski definition) is 0. The van der Waals surface area contributed by atoms with Gasteiger partial charge in [-0.15, -0.1) is 0 Å². The summed E-state index contributed by atoms with van der Waals surface area (Å²) in [5.74, 6) is 0.857. The summed E-state index contributed by atoms with van der Waals surface area (Å²) in [6, 6.07) is 7.48. The third-order valence-electron chi connectivity index (χ3n) is 7.12. The molecule has 1 aromatic carbocycles. The molecule has 3 aliphatic rings. The highest BCUT2D eigenvalue weighted by Crippen LogP contribution is 2.38. The summed E-state index contributed by atoms with van der Waals surface area (Å²) >= 11 is 1.78. The number of aromatic nitrogens is 1. The standard InChI is InChI=1S/C25H33N3OS/c1-16-6-8-21(9-7-16)28-15-20-13-19-11-17(2)18(3)12-23(19)27-24(20)30-25(28)26-14-22-5-4-10-29-22/h11-13,16,21-22H,4-10,14-15H2,1-3H3/t16?,21?,22-/m1/s1. The van der Waals surface area contributed by atoms with Crippen LogP contribution in [0, 0.1) is 19.8 Å². The van der Waals surface area contributed by atoms with Crippen molar-refractivity contribution >= 4 is 27.8 Å². The summed E-state index contributed by atoms with van der Waals surface area (Å²) in [5, 5.41) is 3.56. The third kappa shape index (κ3) is 4.11. The number of aryl methyl sites for hydroxylation is 2. The zero-order chi connectivity index (χ0) is 20.7. The molecule has 5 heteroatoms. The molecule has 160 valence electrons. The quantitative estimate of drug-likeness (QED) is 0.618. The minimum absolute atomic E-state index is 0.294. The Balaban J connectivity index is 1.48. The van der Waals surface area contributed by atoms with E-state index in [0.29, 0.717) is 12.1 Å². The third-order valence-corrected chi connectivity index (χ3v) is 8.22. The number of thioether (sulfide) groups is 1. The number of nitrogens with zero attached hydrogens (tertiary/aromatic N) is 3. The molecule has 0 unspecified atom stereocenters. The maximum Gasteiger partial charge on any atom is 0.166 e. The van der Waals surface area contributed by atoms with Crippen LogP contribution >= 0.6 is 11.8 Å². The van der Waals surface area contributed by atoms with Gasteiger partial charge in [-0.05, 0) is 99.4 Å². The maximum atomic E-state index is 5.84. The largest absolute Gasteiger partial charge is 0.376 e. The number of ether oxygens (including phenoxy) is 1. The highest BCUT2D eigenvalue weighted by molar-refractivity contribution is 8.13. The molecule has 2 aromatic rings. The van der Waals surface area contributed by atoms with Crippen LogP contribution in [0.4, 0.5) is 0 Å². The highest BCUT2D eigenvalue weighted by Gasteiger charge is 2.32. The molecule has 0 amide bonds. The van der Waals surface area contributed by atoms with Gasteiger partial charge in [-0.25, -0.2) is 4.98 Å². The fourth-order valence-electron chi connectivity index (χ4n) is 5.00. The lowest BCUT2D eigenvalue weighted by molar-refractivity contribution is 0.117. The second-order valence-corrected chi connectivity index (χ2v) is 10.4. The van der Waals surface area contributed by atoms with Gasteiger partial charge in [0, 0.05) is 30.1 Å². The van der Waals surface area contributed by atoms with E-state index >= 15 is 0 Å². The molecular weight excluding hydrogens is 390 g/mol. The van der Waals surface area contributed by atoms with E-state index in [0.717, 1.165) is 47.7 Å². The SMILES string of the molecule is Cc1cc2cc3c(nc2cc1C)SC(=NC[C@H]1CCCO1)N(C1CCC(C)CC1)C3. The molecule has 0 radical (unpaired) electrons. The molecule has 0 bridgehead atoms. The Hall–Kier alpha value is -1.59. The van der Waals surface area contributed by atoms with E-state index in [2.05, 4.69) is 43.9 Å². The van der Waals surface area contributed by atoms with E-state index in [4.69, 9.17) is 14.7 Å². The summed E-state index contributed by atoms with van der Waals surface area (Å²) in [4.78, 5) is 12.7. The molecule has 4 nitrogen and oxygen atoms in total. The summed E-state index contributed by atoms with van der Waals surface area (Å²) in [6.07, 6.45) is 7.80. The van der Waals surface area contributed by atoms with Crippen molar-refractivity contribution in [2.75, 3.05) is 13.2 Å². The lowest BCUT2D eigenvalue weighted by Crippen LogP contribution is -2.42. The number of benzene rings is 1. The first kappa shape index (κ1) is 20.3. The Morgan fingerprint density at radius 1 is 1.10 bits per heavy atom. The van der Waals surface area contributed by atoms with Gasteiger partial charge >= 0.3 is 0 Å². The molecule has 30 heavy (non-hydrogen) atoms. The number of aliphatic imine (C=N–C) groups is 1. The number of fused-ring (bicyclic) bond motifs is 2. The average molecular weight is 424 g/mol. The van der Waals surface area contributed by atoms with Crippen molar-refractivity contribution in [1.82, 2.24) is 9.88 Å². The molecule has 2 aliphatic heterocycles. The smallest absolute Gasteiger partial charge is 0.166 e. The Morgan fingerprint density at radius 3 is 2.67 bits per heavy atom. The van der Waals surface area contributed by atoms with Gasteiger partial charge in [0.15, 0.2) is 5.17 Å². The second kappa shape index (κ2) is 8.51. The zero-order valence-corrected chi connectivity index (χ0v) is 19.3. The number of rotatable bonds is 3. The van der Waals surface area contributed by atoms with Crippen LogP contribution in [0.25, 0.3) is 10.9 Å². The summed E-state index contributed by atoms with van der Waals surface area (Å²) < 4.78 is 5.84. The number of hydrogen-bond acceptors (Lipinski definition) is 4. The van der Waals surface area contributed by atoms with Crippen LogP contribution in [0.1, 0.15) is 62.1 Å². The first-order chi connectivity index (χ1) is 14.6.